The van der Waals surface area contributed by atoms with Crippen LogP contribution in [-0.2, 0) is 4.79 Å². The van der Waals surface area contributed by atoms with E-state index in [0.29, 0.717) is 22.5 Å². The molecule has 1 saturated carbocycles. The highest BCUT2D eigenvalue weighted by atomic mass is 35.5. The molecule has 2 heterocycles. The van der Waals surface area contributed by atoms with Crippen LogP contribution >= 0.6 is 11.6 Å². The summed E-state index contributed by atoms with van der Waals surface area (Å²) in [5, 5.41) is 0.558. The van der Waals surface area contributed by atoms with E-state index in [2.05, 4.69) is 19.0 Å². The Kier molecular flexibility index (Phi) is 6.16. The van der Waals surface area contributed by atoms with E-state index in [1.54, 1.807) is 12.1 Å². The topological polar surface area (TPSA) is 43.9 Å². The van der Waals surface area contributed by atoms with Crippen LogP contribution in [0.3, 0.4) is 0 Å². The van der Waals surface area contributed by atoms with Crippen LogP contribution in [0.2, 0.25) is 5.02 Å². The van der Waals surface area contributed by atoms with Crippen LogP contribution in [0, 0.1) is 5.92 Å². The molecule has 3 aliphatic rings. The molecule has 1 aromatic rings. The standard InChI is InChI=1S/C23H32ClN3O2/c1-25(2)19-10-6-12-26(15-19)23(29)21-14-16-7-3-4-11-20(16)27(21)22(28)17-8-5-9-18(24)13-17/h5,8-9,13,16,19-21H,3-4,6-7,10-12,14-15H2,1-2H3. The molecule has 2 aliphatic heterocycles. The summed E-state index contributed by atoms with van der Waals surface area (Å²) in [6.07, 6.45) is 7.41. The molecule has 4 unspecified atom stereocenters. The number of halogens is 1. The number of amides is 2. The van der Waals surface area contributed by atoms with Crippen molar-refractivity contribution in [2.45, 2.75) is 63.1 Å². The Hall–Kier alpha value is -1.59. The van der Waals surface area contributed by atoms with Gasteiger partial charge in [-0.25, -0.2) is 0 Å². The molecule has 0 bridgehead atoms. The fourth-order valence-electron chi connectivity index (χ4n) is 5.53. The lowest BCUT2D eigenvalue weighted by molar-refractivity contribution is -0.137. The van der Waals surface area contributed by atoms with Crippen molar-refractivity contribution in [1.82, 2.24) is 14.7 Å². The van der Waals surface area contributed by atoms with Crippen molar-refractivity contribution in [1.29, 1.82) is 0 Å². The van der Waals surface area contributed by atoms with Crippen molar-refractivity contribution in [2.24, 2.45) is 5.92 Å². The molecule has 0 aromatic heterocycles. The van der Waals surface area contributed by atoms with Gasteiger partial charge in [0.05, 0.1) is 0 Å². The van der Waals surface area contributed by atoms with Gasteiger partial charge in [-0.3, -0.25) is 9.59 Å². The summed E-state index contributed by atoms with van der Waals surface area (Å²) in [6, 6.07) is 7.37. The van der Waals surface area contributed by atoms with Crippen LogP contribution in [0.15, 0.2) is 24.3 Å². The molecule has 1 aromatic carbocycles. The fourth-order valence-corrected chi connectivity index (χ4v) is 5.72. The minimum absolute atomic E-state index is 0.0404. The summed E-state index contributed by atoms with van der Waals surface area (Å²) in [5.74, 6) is 0.540. The van der Waals surface area contributed by atoms with E-state index in [9.17, 15) is 9.59 Å². The van der Waals surface area contributed by atoms with Crippen molar-refractivity contribution in [3.63, 3.8) is 0 Å². The van der Waals surface area contributed by atoms with Crippen molar-refractivity contribution >= 4 is 23.4 Å². The Morgan fingerprint density at radius 1 is 1.10 bits per heavy atom. The van der Waals surface area contributed by atoms with Gasteiger partial charge in [0.1, 0.15) is 6.04 Å². The highest BCUT2D eigenvalue weighted by molar-refractivity contribution is 6.31. The van der Waals surface area contributed by atoms with Crippen molar-refractivity contribution in [3.05, 3.63) is 34.9 Å². The largest absolute Gasteiger partial charge is 0.339 e. The highest BCUT2D eigenvalue weighted by Gasteiger charge is 2.48. The SMILES string of the molecule is CN(C)C1CCCN(C(=O)C2CC3CCCCC3N2C(=O)c2cccc(Cl)c2)C1. The number of likely N-dealkylation sites (N-methyl/N-ethyl adjacent to an activating group) is 1. The number of hydrogen-bond donors (Lipinski definition) is 0. The number of carbonyl (C=O) groups is 2. The molecular formula is C23H32ClN3O2. The molecule has 4 atom stereocenters. The van der Waals surface area contributed by atoms with E-state index in [1.165, 1.54) is 6.42 Å². The Bertz CT molecular complexity index is 768. The number of rotatable bonds is 3. The lowest BCUT2D eigenvalue weighted by atomic mass is 9.84. The molecule has 2 amide bonds. The molecule has 2 saturated heterocycles. The second-order valence-corrected chi connectivity index (χ2v) is 9.57. The van der Waals surface area contributed by atoms with E-state index in [-0.39, 0.29) is 23.9 Å². The monoisotopic (exact) mass is 417 g/mol. The summed E-state index contributed by atoms with van der Waals surface area (Å²) in [4.78, 5) is 33.3. The normalized spacial score (nSPS) is 29.8. The number of carbonyl (C=O) groups excluding carboxylic acids is 2. The minimum Gasteiger partial charge on any atom is -0.339 e. The predicted octanol–water partition coefficient (Wildman–Crippen LogP) is 3.67. The van der Waals surface area contributed by atoms with Gasteiger partial charge in [0, 0.05) is 35.8 Å². The number of piperidine rings is 1. The van der Waals surface area contributed by atoms with Gasteiger partial charge >= 0.3 is 0 Å². The Morgan fingerprint density at radius 2 is 1.90 bits per heavy atom. The average Bonchev–Trinajstić information content (AvgIpc) is 3.12. The van der Waals surface area contributed by atoms with Crippen molar-refractivity contribution < 1.29 is 9.59 Å². The van der Waals surface area contributed by atoms with E-state index < -0.39 is 0 Å². The first-order valence-corrected chi connectivity index (χ1v) is 11.4. The molecular weight excluding hydrogens is 386 g/mol. The fraction of sp³-hybridized carbons (Fsp3) is 0.652. The number of benzene rings is 1. The lowest BCUT2D eigenvalue weighted by Crippen LogP contribution is -2.54. The Labute approximate surface area is 179 Å². The van der Waals surface area contributed by atoms with Gasteiger partial charge in [0.2, 0.25) is 5.91 Å². The van der Waals surface area contributed by atoms with E-state index in [0.717, 1.165) is 51.6 Å². The first-order chi connectivity index (χ1) is 14.0. The minimum atomic E-state index is -0.338. The van der Waals surface area contributed by atoms with Crippen molar-refractivity contribution in [3.8, 4) is 0 Å². The molecule has 6 heteroatoms. The quantitative estimate of drug-likeness (QED) is 0.753. The number of hydrogen-bond acceptors (Lipinski definition) is 3. The number of nitrogens with zero attached hydrogens (tertiary/aromatic N) is 3. The van der Waals surface area contributed by atoms with Gasteiger partial charge in [0.15, 0.2) is 0 Å². The third kappa shape index (κ3) is 4.17. The summed E-state index contributed by atoms with van der Waals surface area (Å²) >= 11 is 6.15. The molecule has 5 nitrogen and oxygen atoms in total. The third-order valence-electron chi connectivity index (χ3n) is 7.12. The first-order valence-electron chi connectivity index (χ1n) is 11.0. The second kappa shape index (κ2) is 8.65. The van der Waals surface area contributed by atoms with Crippen LogP contribution in [0.1, 0.15) is 55.3 Å². The van der Waals surface area contributed by atoms with E-state index in [1.807, 2.05) is 21.9 Å². The van der Waals surface area contributed by atoms with Crippen LogP contribution in [0.4, 0.5) is 0 Å². The van der Waals surface area contributed by atoms with Gasteiger partial charge in [-0.1, -0.05) is 30.5 Å². The van der Waals surface area contributed by atoms with Crippen LogP contribution < -0.4 is 0 Å². The van der Waals surface area contributed by atoms with Crippen LogP contribution in [0.25, 0.3) is 0 Å². The Balaban J connectivity index is 1.59. The maximum Gasteiger partial charge on any atom is 0.254 e. The summed E-state index contributed by atoms with van der Waals surface area (Å²) < 4.78 is 0. The summed E-state index contributed by atoms with van der Waals surface area (Å²) in [5.41, 5.74) is 0.589. The van der Waals surface area contributed by atoms with Crippen molar-refractivity contribution in [2.75, 3.05) is 27.2 Å². The zero-order chi connectivity index (χ0) is 20.5. The third-order valence-corrected chi connectivity index (χ3v) is 7.35. The van der Waals surface area contributed by atoms with Gasteiger partial charge < -0.3 is 14.7 Å². The molecule has 0 radical (unpaired) electrons. The zero-order valence-corrected chi connectivity index (χ0v) is 18.3. The number of likely N-dealkylation sites (tertiary alicyclic amines) is 2. The summed E-state index contributed by atoms with van der Waals surface area (Å²) in [6.45, 7) is 1.56. The molecule has 0 N–H and O–H groups in total. The van der Waals surface area contributed by atoms with Gasteiger partial charge in [-0.15, -0.1) is 0 Å². The average molecular weight is 418 g/mol. The molecule has 29 heavy (non-hydrogen) atoms. The van der Waals surface area contributed by atoms with Gasteiger partial charge in [-0.05, 0) is 70.3 Å². The first kappa shape index (κ1) is 20.7. The van der Waals surface area contributed by atoms with E-state index in [4.69, 9.17) is 11.6 Å². The Morgan fingerprint density at radius 3 is 2.66 bits per heavy atom. The zero-order valence-electron chi connectivity index (χ0n) is 17.5. The van der Waals surface area contributed by atoms with Crippen LogP contribution in [0.5, 0.6) is 0 Å². The van der Waals surface area contributed by atoms with Gasteiger partial charge in [0.25, 0.3) is 5.91 Å². The number of fused-ring (bicyclic) bond motifs is 1. The lowest BCUT2D eigenvalue weighted by Gasteiger charge is -2.39. The molecule has 0 spiro atoms. The molecule has 3 fully saturated rings. The molecule has 4 rings (SSSR count). The summed E-state index contributed by atoms with van der Waals surface area (Å²) in [7, 11) is 4.16. The predicted molar refractivity (Wildman–Crippen MR) is 115 cm³/mol. The smallest absolute Gasteiger partial charge is 0.254 e. The molecule has 1 aliphatic carbocycles. The molecule has 158 valence electrons. The second-order valence-electron chi connectivity index (χ2n) is 9.13. The van der Waals surface area contributed by atoms with E-state index >= 15 is 0 Å². The van der Waals surface area contributed by atoms with Crippen LogP contribution in [-0.4, -0.2) is 71.8 Å². The maximum atomic E-state index is 13.6. The highest BCUT2D eigenvalue weighted by Crippen LogP contribution is 2.41. The maximum absolute atomic E-state index is 13.6. The van der Waals surface area contributed by atoms with Gasteiger partial charge in [-0.2, -0.15) is 0 Å².